The van der Waals surface area contributed by atoms with Gasteiger partial charge in [-0.15, -0.1) is 0 Å². The maximum Gasteiger partial charge on any atom is 0.252 e. The molecule has 7 nitrogen and oxygen atoms in total. The lowest BCUT2D eigenvalue weighted by atomic mass is 9.87. The second-order valence-corrected chi connectivity index (χ2v) is 5.26. The van der Waals surface area contributed by atoms with Crippen LogP contribution in [0.15, 0.2) is 36.9 Å². The molecule has 2 aromatic heterocycles. The van der Waals surface area contributed by atoms with Gasteiger partial charge in [0, 0.05) is 24.7 Å². The molecule has 0 aromatic carbocycles. The summed E-state index contributed by atoms with van der Waals surface area (Å²) in [6, 6.07) is 3.56. The summed E-state index contributed by atoms with van der Waals surface area (Å²) in [4.78, 5) is 17.0. The van der Waals surface area contributed by atoms with Crippen molar-refractivity contribution in [2.75, 3.05) is 25.5 Å². The van der Waals surface area contributed by atoms with Crippen LogP contribution in [0.5, 0.6) is 5.75 Å². The van der Waals surface area contributed by atoms with E-state index in [1.807, 2.05) is 12.3 Å². The molecule has 3 heterocycles. The first kappa shape index (κ1) is 14.5. The number of nitrogens with one attached hydrogen (secondary N) is 2. The van der Waals surface area contributed by atoms with Crippen molar-refractivity contribution in [2.24, 2.45) is 0 Å². The molecule has 0 saturated carbocycles. The van der Waals surface area contributed by atoms with Crippen LogP contribution in [0.25, 0.3) is 0 Å². The molecule has 7 heteroatoms. The minimum atomic E-state index is -0.685. The van der Waals surface area contributed by atoms with Crippen LogP contribution in [0, 0.1) is 0 Å². The second-order valence-electron chi connectivity index (χ2n) is 5.26. The molecule has 1 aliphatic heterocycles. The van der Waals surface area contributed by atoms with Crippen molar-refractivity contribution in [1.29, 1.82) is 0 Å². The summed E-state index contributed by atoms with van der Waals surface area (Å²) in [5.41, 5.74) is -0.115. The maximum absolute atomic E-state index is 13.0. The van der Waals surface area contributed by atoms with Crippen molar-refractivity contribution < 1.29 is 9.53 Å². The van der Waals surface area contributed by atoms with E-state index in [0.717, 1.165) is 13.1 Å². The number of aromatic nitrogens is 3. The molecule has 3 rings (SSSR count). The molecule has 1 amide bonds. The third-order valence-corrected chi connectivity index (χ3v) is 4.05. The third kappa shape index (κ3) is 2.55. The molecular formula is C15H19N5O2. The maximum atomic E-state index is 13.0. The quantitative estimate of drug-likeness (QED) is 0.880. The van der Waals surface area contributed by atoms with E-state index in [2.05, 4.69) is 20.7 Å². The number of pyridine rings is 1. The van der Waals surface area contributed by atoms with Crippen LogP contribution in [0.1, 0.15) is 12.8 Å². The van der Waals surface area contributed by atoms with Gasteiger partial charge in [-0.25, -0.2) is 0 Å². The fraction of sp³-hybridized carbons (Fsp3) is 0.400. The third-order valence-electron chi connectivity index (χ3n) is 4.05. The zero-order chi connectivity index (χ0) is 15.4. The lowest BCUT2D eigenvalue weighted by molar-refractivity contribution is -0.126. The van der Waals surface area contributed by atoms with Gasteiger partial charge >= 0.3 is 0 Å². The molecule has 1 fully saturated rings. The van der Waals surface area contributed by atoms with Crippen molar-refractivity contribution in [2.45, 2.75) is 18.4 Å². The number of piperidine rings is 1. The van der Waals surface area contributed by atoms with Gasteiger partial charge in [0.2, 0.25) is 0 Å². The second kappa shape index (κ2) is 6.15. The van der Waals surface area contributed by atoms with Crippen molar-refractivity contribution in [3.63, 3.8) is 0 Å². The molecule has 1 aliphatic rings. The van der Waals surface area contributed by atoms with Crippen molar-refractivity contribution in [1.82, 2.24) is 20.1 Å². The highest BCUT2D eigenvalue weighted by Crippen LogP contribution is 2.30. The predicted octanol–water partition coefficient (Wildman–Crippen LogP) is 1.00. The first-order valence-corrected chi connectivity index (χ1v) is 7.26. The summed E-state index contributed by atoms with van der Waals surface area (Å²) >= 11 is 0. The highest BCUT2D eigenvalue weighted by atomic mass is 16.5. The summed E-state index contributed by atoms with van der Waals surface area (Å²) in [5, 5.41) is 10.5. The highest BCUT2D eigenvalue weighted by molar-refractivity contribution is 5.97. The molecule has 2 N–H and O–H groups in total. The summed E-state index contributed by atoms with van der Waals surface area (Å²) in [7, 11) is 1.57. The van der Waals surface area contributed by atoms with Crippen LogP contribution >= 0.6 is 0 Å². The minimum Gasteiger partial charge on any atom is -0.494 e. The number of carbonyl (C=O) groups is 1. The molecule has 116 valence electrons. The van der Waals surface area contributed by atoms with E-state index in [1.54, 1.807) is 36.4 Å². The number of carbonyl (C=O) groups excluding carboxylic acids is 1. The van der Waals surface area contributed by atoms with E-state index in [-0.39, 0.29) is 5.91 Å². The molecule has 0 unspecified atom stereocenters. The normalized spacial score (nSPS) is 17.0. The van der Waals surface area contributed by atoms with E-state index in [0.29, 0.717) is 24.3 Å². The zero-order valence-corrected chi connectivity index (χ0v) is 12.5. The van der Waals surface area contributed by atoms with Crippen LogP contribution in [0.3, 0.4) is 0 Å². The Labute approximate surface area is 128 Å². The molecule has 0 spiro atoms. The van der Waals surface area contributed by atoms with Gasteiger partial charge in [0.1, 0.15) is 17.0 Å². The fourth-order valence-corrected chi connectivity index (χ4v) is 2.81. The van der Waals surface area contributed by atoms with Gasteiger partial charge in [-0.3, -0.25) is 14.5 Å². The van der Waals surface area contributed by atoms with Crippen LogP contribution in [0.4, 0.5) is 5.69 Å². The van der Waals surface area contributed by atoms with Gasteiger partial charge < -0.3 is 15.4 Å². The molecule has 22 heavy (non-hydrogen) atoms. The van der Waals surface area contributed by atoms with E-state index in [9.17, 15) is 4.79 Å². The number of nitrogens with zero attached hydrogens (tertiary/aromatic N) is 3. The fourth-order valence-electron chi connectivity index (χ4n) is 2.81. The number of methoxy groups -OCH3 is 1. The first-order valence-electron chi connectivity index (χ1n) is 7.26. The topological polar surface area (TPSA) is 81.1 Å². The Hall–Kier alpha value is -2.41. The average molecular weight is 301 g/mol. The predicted molar refractivity (Wildman–Crippen MR) is 81.7 cm³/mol. The number of amides is 1. The largest absolute Gasteiger partial charge is 0.494 e. The summed E-state index contributed by atoms with van der Waals surface area (Å²) in [6.07, 6.45) is 8.12. The molecule has 0 aliphatic carbocycles. The first-order chi connectivity index (χ1) is 10.8. The van der Waals surface area contributed by atoms with Crippen molar-refractivity contribution >= 4 is 11.6 Å². The average Bonchev–Trinajstić information content (AvgIpc) is 3.11. The van der Waals surface area contributed by atoms with E-state index in [1.165, 1.54) is 0 Å². The Morgan fingerprint density at radius 2 is 2.23 bits per heavy atom. The molecule has 1 saturated heterocycles. The Kier molecular flexibility index (Phi) is 4.06. The Morgan fingerprint density at radius 3 is 2.91 bits per heavy atom. The lowest BCUT2D eigenvalue weighted by Crippen LogP contribution is -2.52. The van der Waals surface area contributed by atoms with Crippen molar-refractivity contribution in [3.8, 4) is 5.75 Å². The molecule has 0 bridgehead atoms. The van der Waals surface area contributed by atoms with Gasteiger partial charge in [0.05, 0.1) is 13.3 Å². The summed E-state index contributed by atoms with van der Waals surface area (Å²) in [5.74, 6) is 0.497. The number of anilines is 1. The van der Waals surface area contributed by atoms with Crippen LogP contribution in [-0.2, 0) is 10.3 Å². The van der Waals surface area contributed by atoms with Gasteiger partial charge in [-0.2, -0.15) is 5.10 Å². The minimum absolute atomic E-state index is 0.0935. The SMILES string of the molecule is COc1ccncc1NC(=O)C1(n2cccn2)CCNCC1. The van der Waals surface area contributed by atoms with Crippen LogP contribution in [0.2, 0.25) is 0 Å². The highest BCUT2D eigenvalue weighted by Gasteiger charge is 2.42. The smallest absolute Gasteiger partial charge is 0.252 e. The standard InChI is InChI=1S/C15H19N5O2/c1-22-13-3-7-17-11-12(13)19-14(21)15(4-8-16-9-5-15)20-10-2-6-18-20/h2-3,6-7,10-11,16H,4-5,8-9H2,1H3,(H,19,21). The lowest BCUT2D eigenvalue weighted by Gasteiger charge is -2.36. The van der Waals surface area contributed by atoms with Crippen LogP contribution < -0.4 is 15.4 Å². The Bertz CT molecular complexity index is 635. The summed E-state index contributed by atoms with van der Waals surface area (Å²) < 4.78 is 7.02. The van der Waals surface area contributed by atoms with E-state index >= 15 is 0 Å². The number of rotatable bonds is 4. The van der Waals surface area contributed by atoms with Crippen LogP contribution in [-0.4, -0.2) is 40.9 Å². The molecule has 0 radical (unpaired) electrons. The Morgan fingerprint density at radius 1 is 1.41 bits per heavy atom. The van der Waals surface area contributed by atoms with Gasteiger partial charge in [0.25, 0.3) is 5.91 Å². The van der Waals surface area contributed by atoms with Gasteiger partial charge in [-0.05, 0) is 32.0 Å². The zero-order valence-electron chi connectivity index (χ0n) is 12.5. The summed E-state index contributed by atoms with van der Waals surface area (Å²) in [6.45, 7) is 1.55. The molecule has 0 atom stereocenters. The Balaban J connectivity index is 1.90. The molecule has 2 aromatic rings. The van der Waals surface area contributed by atoms with Crippen molar-refractivity contribution in [3.05, 3.63) is 36.9 Å². The number of ether oxygens (including phenoxy) is 1. The van der Waals surface area contributed by atoms with E-state index < -0.39 is 5.54 Å². The number of hydrogen-bond acceptors (Lipinski definition) is 5. The monoisotopic (exact) mass is 301 g/mol. The van der Waals surface area contributed by atoms with Gasteiger partial charge in [-0.1, -0.05) is 0 Å². The number of hydrogen-bond donors (Lipinski definition) is 2. The molecular weight excluding hydrogens is 282 g/mol. The van der Waals surface area contributed by atoms with E-state index in [4.69, 9.17) is 4.74 Å². The van der Waals surface area contributed by atoms with Gasteiger partial charge in [0.15, 0.2) is 0 Å².